The van der Waals surface area contributed by atoms with Gasteiger partial charge in [0.1, 0.15) is 0 Å². The number of likely N-dealkylation sites (N-methyl/N-ethyl adjacent to an activating group) is 1. The van der Waals surface area contributed by atoms with Gasteiger partial charge in [-0.05, 0) is 67.2 Å². The lowest BCUT2D eigenvalue weighted by Gasteiger charge is -2.51. The summed E-state index contributed by atoms with van der Waals surface area (Å²) in [5.41, 5.74) is 7.75. The molecule has 1 atom stereocenters. The highest BCUT2D eigenvalue weighted by atomic mass is 15.2. The average Bonchev–Trinajstić information content (AvgIpc) is 2.85. The summed E-state index contributed by atoms with van der Waals surface area (Å²) in [6.45, 7) is 3.50. The molecule has 1 unspecified atom stereocenters. The van der Waals surface area contributed by atoms with Gasteiger partial charge in [-0.25, -0.2) is 0 Å². The number of benzene rings is 3. The Morgan fingerprint density at radius 2 is 1.29 bits per heavy atom. The molecule has 3 aromatic rings. The first-order chi connectivity index (χ1) is 15.3. The molecular formula is C29H32N2. The fourth-order valence-corrected chi connectivity index (χ4v) is 6.60. The Balaban J connectivity index is 1.20. The maximum absolute atomic E-state index is 2.77. The van der Waals surface area contributed by atoms with Gasteiger partial charge >= 0.3 is 0 Å². The fourth-order valence-electron chi connectivity index (χ4n) is 6.60. The molecule has 158 valence electrons. The molecule has 31 heavy (non-hydrogen) atoms. The van der Waals surface area contributed by atoms with E-state index in [0.29, 0.717) is 23.9 Å². The molecule has 0 radical (unpaired) electrons. The van der Waals surface area contributed by atoms with Crippen molar-refractivity contribution < 1.29 is 0 Å². The van der Waals surface area contributed by atoms with Crippen LogP contribution in [0.2, 0.25) is 0 Å². The molecular weight excluding hydrogens is 376 g/mol. The first-order valence-corrected chi connectivity index (χ1v) is 12.0. The lowest BCUT2D eigenvalue weighted by atomic mass is 9.61. The van der Waals surface area contributed by atoms with Crippen LogP contribution < -0.4 is 0 Å². The number of hydrogen-bond acceptors (Lipinski definition) is 2. The third-order valence-electron chi connectivity index (χ3n) is 8.18. The average molecular weight is 409 g/mol. The highest BCUT2D eigenvalue weighted by Crippen LogP contribution is 2.54. The third kappa shape index (κ3) is 3.33. The van der Waals surface area contributed by atoms with Crippen LogP contribution in [-0.2, 0) is 6.54 Å². The van der Waals surface area contributed by atoms with E-state index in [-0.39, 0.29) is 0 Å². The summed E-state index contributed by atoms with van der Waals surface area (Å²) in [4.78, 5) is 5.40. The van der Waals surface area contributed by atoms with Crippen LogP contribution in [0.4, 0.5) is 0 Å². The second-order valence-corrected chi connectivity index (χ2v) is 9.75. The molecule has 3 aliphatic carbocycles. The summed E-state index contributed by atoms with van der Waals surface area (Å²) in [5, 5.41) is 0. The van der Waals surface area contributed by atoms with Gasteiger partial charge in [0.25, 0.3) is 0 Å². The minimum absolute atomic E-state index is 0.518. The normalized spacial score (nSPS) is 25.4. The van der Waals surface area contributed by atoms with Crippen LogP contribution in [0.15, 0.2) is 78.9 Å². The van der Waals surface area contributed by atoms with E-state index in [2.05, 4.69) is 95.7 Å². The molecule has 1 fully saturated rings. The van der Waals surface area contributed by atoms with Crippen molar-refractivity contribution in [3.05, 3.63) is 107 Å². The van der Waals surface area contributed by atoms with Gasteiger partial charge < -0.3 is 0 Å². The number of nitrogens with zero attached hydrogens (tertiary/aromatic N) is 2. The van der Waals surface area contributed by atoms with Crippen LogP contribution in [0.3, 0.4) is 0 Å². The molecule has 1 heterocycles. The van der Waals surface area contributed by atoms with Crippen LogP contribution in [0.1, 0.15) is 58.9 Å². The van der Waals surface area contributed by atoms with Crippen molar-refractivity contribution in [2.45, 2.75) is 49.7 Å². The summed E-state index contributed by atoms with van der Waals surface area (Å²) < 4.78 is 0. The van der Waals surface area contributed by atoms with Crippen LogP contribution in [0, 0.1) is 0 Å². The number of hydrogen-bond donors (Lipinski definition) is 0. The van der Waals surface area contributed by atoms with Crippen LogP contribution in [-0.4, -0.2) is 42.0 Å². The summed E-state index contributed by atoms with van der Waals surface area (Å²) in [6.07, 6.45) is 3.82. The van der Waals surface area contributed by atoms with Crippen molar-refractivity contribution in [3.63, 3.8) is 0 Å². The number of rotatable bonds is 4. The maximum Gasteiger partial charge on any atom is 0.0251 e. The molecule has 0 N–H and O–H groups in total. The Bertz CT molecular complexity index is 1000. The molecule has 0 saturated carbocycles. The van der Waals surface area contributed by atoms with Crippen molar-refractivity contribution in [2.75, 3.05) is 20.1 Å². The van der Waals surface area contributed by atoms with E-state index in [0.717, 1.165) is 6.54 Å². The summed E-state index contributed by atoms with van der Waals surface area (Å²) in [5.74, 6) is 1.08. The van der Waals surface area contributed by atoms with Crippen molar-refractivity contribution in [1.29, 1.82) is 0 Å². The summed E-state index contributed by atoms with van der Waals surface area (Å²) >= 11 is 0. The Morgan fingerprint density at radius 1 is 0.742 bits per heavy atom. The van der Waals surface area contributed by atoms with Crippen LogP contribution in [0.5, 0.6) is 0 Å². The van der Waals surface area contributed by atoms with E-state index in [1.807, 2.05) is 0 Å². The van der Waals surface area contributed by atoms with Gasteiger partial charge in [-0.1, -0.05) is 78.9 Å². The molecule has 0 spiro atoms. The highest BCUT2D eigenvalue weighted by Gasteiger charge is 2.45. The molecule has 3 aromatic carbocycles. The second kappa shape index (κ2) is 7.93. The Labute approximate surface area is 186 Å². The minimum Gasteiger partial charge on any atom is -0.299 e. The van der Waals surface area contributed by atoms with Gasteiger partial charge in [0.15, 0.2) is 0 Å². The van der Waals surface area contributed by atoms with Crippen molar-refractivity contribution in [1.82, 2.24) is 9.80 Å². The smallest absolute Gasteiger partial charge is 0.0251 e. The Hall–Kier alpha value is -2.42. The zero-order valence-electron chi connectivity index (χ0n) is 18.5. The Morgan fingerprint density at radius 3 is 1.90 bits per heavy atom. The SMILES string of the molecule is CN(C1CCN(Cc2ccccc2)CC1)C1CC2c3ccccc3C1c1ccccc12. The molecule has 1 saturated heterocycles. The maximum atomic E-state index is 2.77. The molecule has 0 aromatic heterocycles. The van der Waals surface area contributed by atoms with Crippen molar-refractivity contribution in [2.24, 2.45) is 0 Å². The van der Waals surface area contributed by atoms with Crippen molar-refractivity contribution in [3.8, 4) is 0 Å². The quantitative estimate of drug-likeness (QED) is 0.552. The van der Waals surface area contributed by atoms with E-state index in [1.54, 1.807) is 22.3 Å². The lowest BCUT2D eigenvalue weighted by molar-refractivity contribution is 0.0748. The highest BCUT2D eigenvalue weighted by molar-refractivity contribution is 5.56. The molecule has 2 heteroatoms. The first-order valence-electron chi connectivity index (χ1n) is 12.0. The monoisotopic (exact) mass is 408 g/mol. The Kier molecular flexibility index (Phi) is 4.93. The van der Waals surface area contributed by atoms with Gasteiger partial charge in [-0.15, -0.1) is 0 Å². The fraction of sp³-hybridized carbons (Fsp3) is 0.379. The predicted molar refractivity (Wildman–Crippen MR) is 127 cm³/mol. The van der Waals surface area contributed by atoms with Gasteiger partial charge in [0, 0.05) is 30.5 Å². The van der Waals surface area contributed by atoms with Crippen molar-refractivity contribution >= 4 is 0 Å². The largest absolute Gasteiger partial charge is 0.299 e. The van der Waals surface area contributed by atoms with E-state index >= 15 is 0 Å². The topological polar surface area (TPSA) is 6.48 Å². The molecule has 2 nitrogen and oxygen atoms in total. The standard InChI is InChI=1S/C29H32N2/c1-30(22-15-17-31(18-16-22)20-21-9-3-2-4-10-21)28-19-27-23-11-5-7-13-25(23)29(28)26-14-8-6-12-24(26)27/h2-14,22,27-29H,15-20H2,1H3. The van der Waals surface area contributed by atoms with E-state index in [9.17, 15) is 0 Å². The van der Waals surface area contributed by atoms with E-state index in [1.165, 1.54) is 37.9 Å². The predicted octanol–water partition coefficient (Wildman–Crippen LogP) is 5.63. The second-order valence-electron chi connectivity index (χ2n) is 9.75. The van der Waals surface area contributed by atoms with Crippen LogP contribution in [0.25, 0.3) is 0 Å². The number of piperidine rings is 1. The minimum atomic E-state index is 0.518. The zero-order chi connectivity index (χ0) is 20.8. The van der Waals surface area contributed by atoms with Gasteiger partial charge in [0.2, 0.25) is 0 Å². The third-order valence-corrected chi connectivity index (χ3v) is 8.18. The number of likely N-dealkylation sites (tertiary alicyclic amines) is 1. The van der Waals surface area contributed by atoms with Gasteiger partial charge in [-0.3, -0.25) is 9.80 Å². The molecule has 1 aliphatic heterocycles. The summed E-state index contributed by atoms with van der Waals surface area (Å²) in [7, 11) is 2.41. The van der Waals surface area contributed by atoms with Crippen LogP contribution >= 0.6 is 0 Å². The first kappa shape index (κ1) is 19.3. The lowest BCUT2D eigenvalue weighted by Crippen LogP contribution is -2.52. The zero-order valence-corrected chi connectivity index (χ0v) is 18.5. The summed E-state index contributed by atoms with van der Waals surface area (Å²) in [6, 6.07) is 30.7. The van der Waals surface area contributed by atoms with E-state index in [4.69, 9.17) is 0 Å². The van der Waals surface area contributed by atoms with Gasteiger partial charge in [-0.2, -0.15) is 0 Å². The number of fused-ring (bicyclic) bond motifs is 1. The van der Waals surface area contributed by atoms with E-state index < -0.39 is 0 Å². The van der Waals surface area contributed by atoms with Gasteiger partial charge in [0.05, 0.1) is 0 Å². The molecule has 4 aliphatic rings. The molecule has 2 bridgehead atoms. The molecule has 0 amide bonds. The molecule has 7 rings (SSSR count).